The fraction of sp³-hybridized carbons (Fsp3) is 0.0690. The van der Waals surface area contributed by atoms with Crippen LogP contribution in [0.2, 0.25) is 0 Å². The molecular weight excluding hydrogens is 959 g/mol. The van der Waals surface area contributed by atoms with Gasteiger partial charge in [-0.15, -0.1) is 77.9 Å². The number of rotatable bonds is 13. The number of aryl methyl sites for hydroxylation is 4. The first kappa shape index (κ1) is 42.0. The Balaban J connectivity index is 0.00000518. The molecule has 311 valence electrons. The predicted molar refractivity (Wildman–Crippen MR) is 253 cm³/mol. The van der Waals surface area contributed by atoms with Crippen LogP contribution in [0, 0.1) is 24.4 Å². The van der Waals surface area contributed by atoms with Crippen LogP contribution in [0.15, 0.2) is 201 Å². The van der Waals surface area contributed by atoms with Crippen LogP contribution in [0.3, 0.4) is 0 Å². The van der Waals surface area contributed by atoms with Crippen molar-refractivity contribution in [3.8, 4) is 73.1 Å². The molecule has 0 unspecified atom stereocenters. The molecule has 5 nitrogen and oxygen atoms in total. The second-order valence-corrected chi connectivity index (χ2v) is 15.6. The summed E-state index contributed by atoms with van der Waals surface area (Å²) in [6.45, 7) is 0. The molecule has 1 radical (unpaired) electrons. The average molecular weight is 1000 g/mol. The molecule has 4 heterocycles. The SMILES string of the molecule is [Ir].[c-]1ccccc1-c1[c-]nc(-n2ccnc2-c2cc(CCc3ccc(-c4[c-]cccc4)nc3)cc(CCc3ccc(-c4[c-]cccc4)nc3)c2)c(-c2ccc(-c3ccccc3)cc2)c1. The molecule has 64 heavy (non-hydrogen) atoms. The molecular formula is C58H41IrN5-4. The molecule has 0 fully saturated rings. The molecule has 0 amide bonds. The summed E-state index contributed by atoms with van der Waals surface area (Å²) in [6.07, 6.45) is 14.6. The molecule has 0 N–H and O–H groups in total. The second-order valence-electron chi connectivity index (χ2n) is 15.6. The van der Waals surface area contributed by atoms with Crippen molar-refractivity contribution in [1.29, 1.82) is 0 Å². The summed E-state index contributed by atoms with van der Waals surface area (Å²) in [5, 5.41) is 0. The van der Waals surface area contributed by atoms with E-state index in [2.05, 4.69) is 126 Å². The maximum absolute atomic E-state index is 5.05. The van der Waals surface area contributed by atoms with Crippen molar-refractivity contribution in [1.82, 2.24) is 24.5 Å². The molecule has 6 aromatic carbocycles. The van der Waals surface area contributed by atoms with Gasteiger partial charge >= 0.3 is 0 Å². The van der Waals surface area contributed by atoms with Crippen molar-refractivity contribution in [2.45, 2.75) is 25.7 Å². The van der Waals surface area contributed by atoms with E-state index in [0.717, 1.165) is 93.2 Å². The van der Waals surface area contributed by atoms with E-state index in [4.69, 9.17) is 19.9 Å². The number of aromatic nitrogens is 5. The van der Waals surface area contributed by atoms with Gasteiger partial charge in [0.15, 0.2) is 0 Å². The number of benzene rings is 6. The Bertz CT molecular complexity index is 2960. The minimum Gasteiger partial charge on any atom is -0.346 e. The molecule has 0 saturated heterocycles. The van der Waals surface area contributed by atoms with Gasteiger partial charge in [-0.2, -0.15) is 30.3 Å². The van der Waals surface area contributed by atoms with E-state index in [1.807, 2.05) is 104 Å². The van der Waals surface area contributed by atoms with Crippen LogP contribution in [0.25, 0.3) is 73.1 Å². The largest absolute Gasteiger partial charge is 0.346 e. The van der Waals surface area contributed by atoms with E-state index < -0.39 is 0 Å². The van der Waals surface area contributed by atoms with Crippen LogP contribution < -0.4 is 0 Å². The molecule has 4 aromatic heterocycles. The van der Waals surface area contributed by atoms with Gasteiger partial charge in [-0.25, -0.2) is 16.1 Å². The summed E-state index contributed by atoms with van der Waals surface area (Å²) in [6, 6.07) is 70.6. The standard InChI is InChI=1S/C58H41N5.Ir/c1-5-13-46(14-6-1)48-27-29-49(30-28-48)54-38-53(47-15-7-2-8-16-47)41-62-58(54)63-34-33-59-57(63)52-36-44(23-21-42-25-31-55(60-39-42)50-17-9-3-10-18-50)35-45(37-52)24-22-43-26-32-56(61-40-43)51-19-11-4-12-20-51;/h1-15,17,19,25-40H,21-24H2;/q-4;. The van der Waals surface area contributed by atoms with Gasteiger partial charge in [-0.3, -0.25) is 0 Å². The van der Waals surface area contributed by atoms with Crippen LogP contribution in [0.1, 0.15) is 22.3 Å². The molecule has 0 aliphatic carbocycles. The Hall–Kier alpha value is -7.37. The zero-order chi connectivity index (χ0) is 42.2. The number of imidazole rings is 1. The Kier molecular flexibility index (Phi) is 13.0. The van der Waals surface area contributed by atoms with E-state index in [0.29, 0.717) is 0 Å². The first-order valence-corrected chi connectivity index (χ1v) is 21.3. The third-order valence-electron chi connectivity index (χ3n) is 11.3. The summed E-state index contributed by atoms with van der Waals surface area (Å²) in [5.41, 5.74) is 15.9. The van der Waals surface area contributed by atoms with E-state index in [1.165, 1.54) is 27.8 Å². The van der Waals surface area contributed by atoms with E-state index >= 15 is 0 Å². The van der Waals surface area contributed by atoms with Gasteiger partial charge in [0.2, 0.25) is 0 Å². The van der Waals surface area contributed by atoms with E-state index in [9.17, 15) is 0 Å². The average Bonchev–Trinajstić information content (AvgIpc) is 3.87. The molecule has 0 aliphatic heterocycles. The predicted octanol–water partition coefficient (Wildman–Crippen LogP) is 12.8. The van der Waals surface area contributed by atoms with Gasteiger partial charge in [-0.1, -0.05) is 96.7 Å². The Morgan fingerprint density at radius 3 is 1.50 bits per heavy atom. The van der Waals surface area contributed by atoms with Crippen molar-refractivity contribution >= 4 is 0 Å². The van der Waals surface area contributed by atoms with Gasteiger partial charge in [0.25, 0.3) is 0 Å². The molecule has 0 atom stereocenters. The quantitative estimate of drug-likeness (QED) is 0.108. The van der Waals surface area contributed by atoms with Gasteiger partial charge in [0.1, 0.15) is 5.82 Å². The normalized spacial score (nSPS) is 10.9. The van der Waals surface area contributed by atoms with Gasteiger partial charge in [-0.05, 0) is 88.1 Å². The molecule has 6 heteroatoms. The molecule has 10 aromatic rings. The third-order valence-corrected chi connectivity index (χ3v) is 11.3. The monoisotopic (exact) mass is 1000 g/mol. The van der Waals surface area contributed by atoms with E-state index in [-0.39, 0.29) is 20.1 Å². The summed E-state index contributed by atoms with van der Waals surface area (Å²) < 4.78 is 2.10. The van der Waals surface area contributed by atoms with Gasteiger partial charge in [0, 0.05) is 50.5 Å². The maximum Gasteiger partial charge on any atom is 0.137 e. The zero-order valence-corrected chi connectivity index (χ0v) is 37.3. The summed E-state index contributed by atoms with van der Waals surface area (Å²) >= 11 is 0. The number of hydrogen-bond acceptors (Lipinski definition) is 4. The topological polar surface area (TPSA) is 56.5 Å². The van der Waals surface area contributed by atoms with Crippen LogP contribution >= 0.6 is 0 Å². The first-order valence-electron chi connectivity index (χ1n) is 21.3. The smallest absolute Gasteiger partial charge is 0.137 e. The van der Waals surface area contributed by atoms with Crippen molar-refractivity contribution in [3.63, 3.8) is 0 Å². The molecule has 10 rings (SSSR count). The number of pyridine rings is 3. The van der Waals surface area contributed by atoms with Gasteiger partial charge < -0.3 is 19.5 Å². The maximum atomic E-state index is 5.05. The Morgan fingerprint density at radius 1 is 0.422 bits per heavy atom. The Morgan fingerprint density at radius 2 is 0.953 bits per heavy atom. The van der Waals surface area contributed by atoms with Crippen LogP contribution in [0.5, 0.6) is 0 Å². The minimum absolute atomic E-state index is 0. The summed E-state index contributed by atoms with van der Waals surface area (Å²) in [5.74, 6) is 1.57. The summed E-state index contributed by atoms with van der Waals surface area (Å²) in [4.78, 5) is 19.6. The molecule has 0 saturated carbocycles. The van der Waals surface area contributed by atoms with Crippen molar-refractivity contribution in [3.05, 3.63) is 247 Å². The molecule has 0 bridgehead atoms. The third kappa shape index (κ3) is 9.65. The first-order chi connectivity index (χ1) is 31.2. The second kappa shape index (κ2) is 19.8. The Labute approximate surface area is 388 Å². The van der Waals surface area contributed by atoms with Crippen molar-refractivity contribution in [2.24, 2.45) is 0 Å². The van der Waals surface area contributed by atoms with Crippen molar-refractivity contribution < 1.29 is 20.1 Å². The fourth-order valence-corrected chi connectivity index (χ4v) is 8.00. The minimum atomic E-state index is 0. The number of nitrogens with zero attached hydrogens (tertiary/aromatic N) is 5. The fourth-order valence-electron chi connectivity index (χ4n) is 8.00. The molecule has 0 spiro atoms. The number of hydrogen-bond donors (Lipinski definition) is 0. The molecule has 0 aliphatic rings. The zero-order valence-electron chi connectivity index (χ0n) is 35.0. The van der Waals surface area contributed by atoms with Crippen molar-refractivity contribution in [2.75, 3.05) is 0 Å². The van der Waals surface area contributed by atoms with Crippen LogP contribution in [-0.2, 0) is 45.8 Å². The van der Waals surface area contributed by atoms with E-state index in [1.54, 1.807) is 0 Å². The van der Waals surface area contributed by atoms with Crippen LogP contribution in [-0.4, -0.2) is 24.5 Å². The van der Waals surface area contributed by atoms with Crippen LogP contribution in [0.4, 0.5) is 0 Å². The summed E-state index contributed by atoms with van der Waals surface area (Å²) in [7, 11) is 0. The van der Waals surface area contributed by atoms with Gasteiger partial charge in [0.05, 0.1) is 5.82 Å².